The quantitative estimate of drug-likeness (QED) is 0.634. The number of nitrogens with one attached hydrogen (secondary N) is 1. The molecule has 0 spiro atoms. The summed E-state index contributed by atoms with van der Waals surface area (Å²) in [4.78, 5) is 11.6. The van der Waals surface area contributed by atoms with Crippen LogP contribution in [0.3, 0.4) is 0 Å². The second kappa shape index (κ2) is 6.41. The molecule has 0 aromatic rings. The van der Waals surface area contributed by atoms with E-state index in [-0.39, 0.29) is 11.9 Å². The Hall–Kier alpha value is -0.650. The number of aliphatic hydroxyl groups is 2. The highest BCUT2D eigenvalue weighted by Gasteiger charge is 2.38. The molecule has 0 radical (unpaired) electrons. The zero-order chi connectivity index (χ0) is 14.6. The number of rotatable bonds is 6. The Morgan fingerprint density at radius 2 is 1.70 bits per heavy atom. The highest BCUT2D eigenvalue weighted by Crippen LogP contribution is 2.33. The Balaban J connectivity index is 1.69. The molecular weight excluding hydrogens is 258 g/mol. The van der Waals surface area contributed by atoms with Gasteiger partial charge < -0.3 is 20.3 Å². The first-order chi connectivity index (χ1) is 9.46. The van der Waals surface area contributed by atoms with E-state index in [9.17, 15) is 15.0 Å². The third-order valence-corrected chi connectivity index (χ3v) is 4.73. The van der Waals surface area contributed by atoms with Gasteiger partial charge in [-0.1, -0.05) is 0 Å². The lowest BCUT2D eigenvalue weighted by Crippen LogP contribution is -2.51. The fraction of sp³-hybridized carbons (Fsp3) is 0.933. The molecule has 2 saturated carbocycles. The summed E-state index contributed by atoms with van der Waals surface area (Å²) in [6, 6.07) is 0. The second-order valence-electron chi connectivity index (χ2n) is 6.43. The molecule has 0 atom stereocenters. The van der Waals surface area contributed by atoms with Crippen LogP contribution in [0.2, 0.25) is 0 Å². The van der Waals surface area contributed by atoms with Gasteiger partial charge in [-0.2, -0.15) is 0 Å². The van der Waals surface area contributed by atoms with Gasteiger partial charge in [0.2, 0.25) is 0 Å². The molecule has 3 N–H and O–H groups in total. The SMILES string of the molecule is CCOC(=O)C1CCC(O)(CNCC2(O)CCC2)CC1. The Bertz CT molecular complexity index is 333. The lowest BCUT2D eigenvalue weighted by molar-refractivity contribution is -0.151. The molecule has 5 nitrogen and oxygen atoms in total. The van der Waals surface area contributed by atoms with Crippen LogP contribution in [0.4, 0.5) is 0 Å². The van der Waals surface area contributed by atoms with Crippen LogP contribution in [0.5, 0.6) is 0 Å². The van der Waals surface area contributed by atoms with Crippen LogP contribution >= 0.6 is 0 Å². The maximum absolute atomic E-state index is 11.6. The maximum atomic E-state index is 11.6. The number of carbonyl (C=O) groups is 1. The zero-order valence-corrected chi connectivity index (χ0v) is 12.4. The van der Waals surface area contributed by atoms with E-state index in [0.717, 1.165) is 19.3 Å². The van der Waals surface area contributed by atoms with Crippen molar-refractivity contribution in [1.82, 2.24) is 5.32 Å². The number of hydrogen-bond donors (Lipinski definition) is 3. The Morgan fingerprint density at radius 1 is 1.15 bits per heavy atom. The molecule has 0 aliphatic heterocycles. The summed E-state index contributed by atoms with van der Waals surface area (Å²) in [5.41, 5.74) is -1.30. The van der Waals surface area contributed by atoms with Crippen LogP contribution in [0.1, 0.15) is 51.9 Å². The van der Waals surface area contributed by atoms with Crippen molar-refractivity contribution < 1.29 is 19.7 Å². The molecule has 0 saturated heterocycles. The van der Waals surface area contributed by atoms with Crippen molar-refractivity contribution in [2.24, 2.45) is 5.92 Å². The van der Waals surface area contributed by atoms with Crippen molar-refractivity contribution in [2.45, 2.75) is 63.1 Å². The van der Waals surface area contributed by atoms with Crippen LogP contribution in [0, 0.1) is 5.92 Å². The third kappa shape index (κ3) is 3.93. The average Bonchev–Trinajstić information content (AvgIpc) is 2.37. The molecule has 0 unspecified atom stereocenters. The van der Waals surface area contributed by atoms with Gasteiger partial charge in [0.15, 0.2) is 0 Å². The second-order valence-corrected chi connectivity index (χ2v) is 6.43. The van der Waals surface area contributed by atoms with E-state index >= 15 is 0 Å². The molecular formula is C15H27NO4. The van der Waals surface area contributed by atoms with Crippen LogP contribution in [0.25, 0.3) is 0 Å². The minimum Gasteiger partial charge on any atom is -0.466 e. The summed E-state index contributed by atoms with van der Waals surface area (Å²) in [7, 11) is 0. The van der Waals surface area contributed by atoms with Crippen molar-refractivity contribution in [3.8, 4) is 0 Å². The van der Waals surface area contributed by atoms with Gasteiger partial charge in [0.25, 0.3) is 0 Å². The molecule has 0 bridgehead atoms. The van der Waals surface area contributed by atoms with Crippen LogP contribution < -0.4 is 5.32 Å². The fourth-order valence-electron chi connectivity index (χ4n) is 3.12. The Kier molecular flexibility index (Phi) is 5.04. The standard InChI is InChI=1S/C15H27NO4/c1-2-20-13(17)12-4-8-15(19,9-5-12)11-16-10-14(18)6-3-7-14/h12,16,18-19H,2-11H2,1H3. The van der Waals surface area contributed by atoms with Gasteiger partial charge in [0, 0.05) is 13.1 Å². The fourth-order valence-corrected chi connectivity index (χ4v) is 3.12. The Morgan fingerprint density at radius 3 is 2.15 bits per heavy atom. The lowest BCUT2D eigenvalue weighted by Gasteiger charge is -2.39. The van der Waals surface area contributed by atoms with Crippen molar-refractivity contribution >= 4 is 5.97 Å². The van der Waals surface area contributed by atoms with Crippen molar-refractivity contribution in [2.75, 3.05) is 19.7 Å². The highest BCUT2D eigenvalue weighted by molar-refractivity contribution is 5.72. The number of carbonyl (C=O) groups excluding carboxylic acids is 1. The number of esters is 1. The minimum absolute atomic E-state index is 0.0639. The zero-order valence-electron chi connectivity index (χ0n) is 12.4. The first-order valence-electron chi connectivity index (χ1n) is 7.78. The smallest absolute Gasteiger partial charge is 0.308 e. The van der Waals surface area contributed by atoms with Crippen molar-refractivity contribution in [3.05, 3.63) is 0 Å². The topological polar surface area (TPSA) is 78.8 Å². The lowest BCUT2D eigenvalue weighted by atomic mass is 9.78. The van der Waals surface area contributed by atoms with Gasteiger partial charge in [-0.05, 0) is 51.9 Å². The maximum Gasteiger partial charge on any atom is 0.308 e. The van der Waals surface area contributed by atoms with Gasteiger partial charge in [0.1, 0.15) is 0 Å². The van der Waals surface area contributed by atoms with E-state index in [0.29, 0.717) is 45.4 Å². The first-order valence-corrected chi connectivity index (χ1v) is 7.78. The normalized spacial score (nSPS) is 32.5. The summed E-state index contributed by atoms with van der Waals surface area (Å²) in [6.07, 6.45) is 5.38. The van der Waals surface area contributed by atoms with E-state index in [1.807, 2.05) is 6.92 Å². The molecule has 2 aliphatic carbocycles. The van der Waals surface area contributed by atoms with Gasteiger partial charge in [-0.25, -0.2) is 0 Å². The summed E-state index contributed by atoms with van der Waals surface area (Å²) >= 11 is 0. The summed E-state index contributed by atoms with van der Waals surface area (Å²) in [6.45, 7) is 3.27. The molecule has 2 fully saturated rings. The van der Waals surface area contributed by atoms with Gasteiger partial charge in [-0.3, -0.25) is 4.79 Å². The molecule has 5 heteroatoms. The molecule has 0 heterocycles. The van der Waals surface area contributed by atoms with Gasteiger partial charge in [-0.15, -0.1) is 0 Å². The predicted molar refractivity (Wildman–Crippen MR) is 75.2 cm³/mol. The molecule has 2 rings (SSSR count). The molecule has 0 aromatic carbocycles. The summed E-state index contributed by atoms with van der Waals surface area (Å²) in [5, 5.41) is 23.7. The molecule has 116 valence electrons. The van der Waals surface area contributed by atoms with E-state index in [1.165, 1.54) is 0 Å². The molecule has 0 aromatic heterocycles. The summed E-state index contributed by atoms with van der Waals surface area (Å²) in [5.74, 6) is -0.197. The third-order valence-electron chi connectivity index (χ3n) is 4.73. The molecule has 20 heavy (non-hydrogen) atoms. The van der Waals surface area contributed by atoms with E-state index in [2.05, 4.69) is 5.32 Å². The van der Waals surface area contributed by atoms with Crippen LogP contribution in [-0.4, -0.2) is 47.1 Å². The predicted octanol–water partition coefficient (Wildman–Crippen LogP) is 0.975. The van der Waals surface area contributed by atoms with Crippen LogP contribution in [-0.2, 0) is 9.53 Å². The monoisotopic (exact) mass is 285 g/mol. The first kappa shape index (κ1) is 15.7. The number of ether oxygens (including phenoxy) is 1. The Labute approximate surface area is 120 Å². The van der Waals surface area contributed by atoms with Crippen molar-refractivity contribution in [3.63, 3.8) is 0 Å². The minimum atomic E-state index is -0.747. The molecule has 0 amide bonds. The average molecular weight is 285 g/mol. The van der Waals surface area contributed by atoms with Gasteiger partial charge in [0.05, 0.1) is 23.7 Å². The number of hydrogen-bond acceptors (Lipinski definition) is 5. The summed E-state index contributed by atoms with van der Waals surface area (Å²) < 4.78 is 5.03. The van der Waals surface area contributed by atoms with E-state index in [4.69, 9.17) is 4.74 Å². The van der Waals surface area contributed by atoms with Crippen LogP contribution in [0.15, 0.2) is 0 Å². The highest BCUT2D eigenvalue weighted by atomic mass is 16.5. The molecule has 2 aliphatic rings. The van der Waals surface area contributed by atoms with E-state index < -0.39 is 11.2 Å². The van der Waals surface area contributed by atoms with E-state index in [1.54, 1.807) is 0 Å². The van der Waals surface area contributed by atoms with Crippen molar-refractivity contribution in [1.29, 1.82) is 0 Å². The van der Waals surface area contributed by atoms with Gasteiger partial charge >= 0.3 is 5.97 Å². The largest absolute Gasteiger partial charge is 0.466 e.